The van der Waals surface area contributed by atoms with E-state index in [0.29, 0.717) is 13.0 Å². The molecular weight excluding hydrogens is 374 g/mol. The number of hydrogen-bond donors (Lipinski definition) is 0. The van der Waals surface area contributed by atoms with E-state index in [-0.39, 0.29) is 5.78 Å². The average molecular weight is 391 g/mol. The highest BCUT2D eigenvalue weighted by Crippen LogP contribution is 2.27. The van der Waals surface area contributed by atoms with Crippen LogP contribution in [-0.4, -0.2) is 10.4 Å². The molecule has 1 aromatic heterocycles. The van der Waals surface area contributed by atoms with Crippen molar-refractivity contribution in [3.05, 3.63) is 69.3 Å². The average Bonchev–Trinajstić information content (AvgIpc) is 2.88. The van der Waals surface area contributed by atoms with Gasteiger partial charge in [0.25, 0.3) is 0 Å². The molecule has 0 aliphatic carbocycles. The normalized spacial score (nSPS) is 11.1. The Labute approximate surface area is 149 Å². The fourth-order valence-electron chi connectivity index (χ4n) is 2.77. The van der Waals surface area contributed by atoms with Crippen molar-refractivity contribution in [1.82, 2.24) is 4.57 Å². The molecule has 0 unspecified atom stereocenters. The second-order valence-corrected chi connectivity index (χ2v) is 6.98. The molecule has 2 aromatic carbocycles. The molecule has 0 N–H and O–H groups in total. The summed E-state index contributed by atoms with van der Waals surface area (Å²) in [5.41, 5.74) is 3.03. The lowest BCUT2D eigenvalue weighted by atomic mass is 10.1. The van der Waals surface area contributed by atoms with Crippen LogP contribution in [0, 0.1) is 0 Å². The Kier molecular flexibility index (Phi) is 4.88. The summed E-state index contributed by atoms with van der Waals surface area (Å²) in [4.78, 5) is 12.4. The molecule has 2 nitrogen and oxygen atoms in total. The van der Waals surface area contributed by atoms with Crippen LogP contribution in [0.15, 0.2) is 53.1 Å². The van der Waals surface area contributed by atoms with Crippen LogP contribution in [0.25, 0.3) is 10.9 Å². The lowest BCUT2D eigenvalue weighted by Crippen LogP contribution is -1.99. The van der Waals surface area contributed by atoms with Gasteiger partial charge in [0.1, 0.15) is 0 Å². The van der Waals surface area contributed by atoms with Gasteiger partial charge in [-0.2, -0.15) is 0 Å². The summed E-state index contributed by atoms with van der Waals surface area (Å²) in [6, 6.07) is 13.9. The van der Waals surface area contributed by atoms with E-state index in [2.05, 4.69) is 26.6 Å². The van der Waals surface area contributed by atoms with Crippen LogP contribution in [0.4, 0.5) is 0 Å². The first-order chi connectivity index (χ1) is 11.1. The van der Waals surface area contributed by atoms with Gasteiger partial charge in [-0.05, 0) is 42.3 Å². The summed E-state index contributed by atoms with van der Waals surface area (Å²) >= 11 is 9.45. The van der Waals surface area contributed by atoms with Crippen molar-refractivity contribution in [3.63, 3.8) is 0 Å². The molecule has 3 rings (SSSR count). The smallest absolute Gasteiger partial charge is 0.165 e. The maximum atomic E-state index is 12.4. The number of Topliss-reactive ketones (excluding diaryl/α,β-unsaturated/α-hetero) is 1. The Morgan fingerprint density at radius 2 is 1.91 bits per heavy atom. The van der Waals surface area contributed by atoms with Crippen molar-refractivity contribution in [2.45, 2.75) is 26.3 Å². The monoisotopic (exact) mass is 389 g/mol. The highest BCUT2D eigenvalue weighted by atomic mass is 79.9. The third-order valence-electron chi connectivity index (χ3n) is 3.89. The van der Waals surface area contributed by atoms with E-state index in [1.807, 2.05) is 49.5 Å². The predicted molar refractivity (Wildman–Crippen MR) is 99.4 cm³/mol. The van der Waals surface area contributed by atoms with Gasteiger partial charge in [-0.3, -0.25) is 4.79 Å². The van der Waals surface area contributed by atoms with Crippen LogP contribution in [-0.2, 0) is 6.54 Å². The molecule has 1 heterocycles. The summed E-state index contributed by atoms with van der Waals surface area (Å²) < 4.78 is 3.12. The quantitative estimate of drug-likeness (QED) is 0.483. The SMILES string of the molecule is CCCC(=O)c1cn(Cc2ccc(Cl)cc2)c2ccc(Br)cc12. The maximum Gasteiger partial charge on any atom is 0.165 e. The topological polar surface area (TPSA) is 22.0 Å². The van der Waals surface area contributed by atoms with Gasteiger partial charge >= 0.3 is 0 Å². The number of carbonyl (C=O) groups excluding carboxylic acids is 1. The van der Waals surface area contributed by atoms with E-state index < -0.39 is 0 Å². The molecule has 3 aromatic rings. The molecule has 23 heavy (non-hydrogen) atoms. The number of fused-ring (bicyclic) bond motifs is 1. The third kappa shape index (κ3) is 3.51. The summed E-state index contributed by atoms with van der Waals surface area (Å²) in [7, 11) is 0. The van der Waals surface area contributed by atoms with Crippen LogP contribution >= 0.6 is 27.5 Å². The van der Waals surface area contributed by atoms with Crippen molar-refractivity contribution in [2.24, 2.45) is 0 Å². The number of benzene rings is 2. The predicted octanol–water partition coefficient (Wildman–Crippen LogP) is 6.09. The summed E-state index contributed by atoms with van der Waals surface area (Å²) in [5, 5.41) is 1.74. The molecule has 118 valence electrons. The summed E-state index contributed by atoms with van der Waals surface area (Å²) in [6.07, 6.45) is 3.41. The molecule has 0 fully saturated rings. The molecular formula is C19H17BrClNO. The van der Waals surface area contributed by atoms with Crippen LogP contribution in [0.2, 0.25) is 5.02 Å². The zero-order valence-electron chi connectivity index (χ0n) is 12.9. The highest BCUT2D eigenvalue weighted by Gasteiger charge is 2.15. The van der Waals surface area contributed by atoms with E-state index in [9.17, 15) is 4.79 Å². The molecule has 0 atom stereocenters. The number of carbonyl (C=O) groups is 1. The Morgan fingerprint density at radius 3 is 2.61 bits per heavy atom. The highest BCUT2D eigenvalue weighted by molar-refractivity contribution is 9.10. The Morgan fingerprint density at radius 1 is 1.17 bits per heavy atom. The molecule has 0 aliphatic rings. The number of rotatable bonds is 5. The van der Waals surface area contributed by atoms with Gasteiger partial charge in [0.15, 0.2) is 5.78 Å². The van der Waals surface area contributed by atoms with E-state index in [1.165, 1.54) is 0 Å². The Balaban J connectivity index is 2.06. The van der Waals surface area contributed by atoms with Gasteiger partial charge in [0, 0.05) is 45.1 Å². The fraction of sp³-hybridized carbons (Fsp3) is 0.211. The second-order valence-electron chi connectivity index (χ2n) is 5.63. The van der Waals surface area contributed by atoms with E-state index >= 15 is 0 Å². The van der Waals surface area contributed by atoms with Crippen molar-refractivity contribution in [1.29, 1.82) is 0 Å². The molecule has 0 amide bonds. The van der Waals surface area contributed by atoms with Crippen molar-refractivity contribution in [3.8, 4) is 0 Å². The number of hydrogen-bond acceptors (Lipinski definition) is 1. The molecule has 0 radical (unpaired) electrons. The zero-order valence-corrected chi connectivity index (χ0v) is 15.2. The minimum atomic E-state index is 0.199. The Hall–Kier alpha value is -1.58. The van der Waals surface area contributed by atoms with Crippen LogP contribution in [0.5, 0.6) is 0 Å². The van der Waals surface area contributed by atoms with Crippen LogP contribution < -0.4 is 0 Å². The summed E-state index contributed by atoms with van der Waals surface area (Å²) in [5.74, 6) is 0.199. The minimum Gasteiger partial charge on any atom is -0.342 e. The van der Waals surface area contributed by atoms with Crippen LogP contribution in [0.3, 0.4) is 0 Å². The van der Waals surface area contributed by atoms with Crippen molar-refractivity contribution < 1.29 is 4.79 Å². The number of nitrogens with zero attached hydrogens (tertiary/aromatic N) is 1. The standard InChI is InChI=1S/C19H17BrClNO/c1-2-3-19(23)17-12-22(11-13-4-7-15(21)8-5-13)18-9-6-14(20)10-16(17)18/h4-10,12H,2-3,11H2,1H3. The number of ketones is 1. The Bertz CT molecular complexity index is 852. The lowest BCUT2D eigenvalue weighted by molar-refractivity contribution is 0.0983. The van der Waals surface area contributed by atoms with Gasteiger partial charge in [-0.15, -0.1) is 0 Å². The van der Waals surface area contributed by atoms with Gasteiger partial charge in [0.05, 0.1) is 0 Å². The van der Waals surface area contributed by atoms with E-state index in [0.717, 1.165) is 37.9 Å². The molecule has 0 saturated carbocycles. The van der Waals surface area contributed by atoms with Crippen molar-refractivity contribution >= 4 is 44.2 Å². The largest absolute Gasteiger partial charge is 0.342 e. The molecule has 0 spiro atoms. The molecule has 0 saturated heterocycles. The van der Waals surface area contributed by atoms with Crippen molar-refractivity contribution in [2.75, 3.05) is 0 Å². The third-order valence-corrected chi connectivity index (χ3v) is 4.63. The van der Waals surface area contributed by atoms with Gasteiger partial charge in [0.2, 0.25) is 0 Å². The number of aromatic nitrogens is 1. The molecule has 0 bridgehead atoms. The van der Waals surface area contributed by atoms with Gasteiger partial charge < -0.3 is 4.57 Å². The zero-order chi connectivity index (χ0) is 16.4. The molecule has 4 heteroatoms. The number of halogens is 2. The van der Waals surface area contributed by atoms with E-state index in [4.69, 9.17) is 11.6 Å². The van der Waals surface area contributed by atoms with Gasteiger partial charge in [-0.1, -0.05) is 46.6 Å². The van der Waals surface area contributed by atoms with Gasteiger partial charge in [-0.25, -0.2) is 0 Å². The second kappa shape index (κ2) is 6.90. The molecule has 0 aliphatic heterocycles. The van der Waals surface area contributed by atoms with Crippen LogP contribution in [0.1, 0.15) is 35.7 Å². The first-order valence-corrected chi connectivity index (χ1v) is 8.81. The maximum absolute atomic E-state index is 12.4. The minimum absolute atomic E-state index is 0.199. The lowest BCUT2D eigenvalue weighted by Gasteiger charge is -2.06. The summed E-state index contributed by atoms with van der Waals surface area (Å²) in [6.45, 7) is 2.75. The van der Waals surface area contributed by atoms with E-state index in [1.54, 1.807) is 0 Å². The first-order valence-electron chi connectivity index (χ1n) is 7.64. The fourth-order valence-corrected chi connectivity index (χ4v) is 3.26. The first kappa shape index (κ1) is 16.3.